The highest BCUT2D eigenvalue weighted by Crippen LogP contribution is 2.52. The summed E-state index contributed by atoms with van der Waals surface area (Å²) >= 11 is 1.43. The summed E-state index contributed by atoms with van der Waals surface area (Å²) in [5, 5.41) is 11.1. The normalized spacial score (nSPS) is 28.3. The van der Waals surface area contributed by atoms with Crippen LogP contribution in [-0.4, -0.2) is 21.4 Å². The lowest BCUT2D eigenvalue weighted by molar-refractivity contribution is -0.117. The van der Waals surface area contributed by atoms with E-state index in [1.165, 1.54) is 18.7 Å². The Balaban J connectivity index is 0.00000120. The Morgan fingerprint density at radius 2 is 2.17 bits per heavy atom. The van der Waals surface area contributed by atoms with Gasteiger partial charge in [-0.25, -0.2) is 4.99 Å². The van der Waals surface area contributed by atoms with E-state index in [1.54, 1.807) is 4.90 Å². The zero-order chi connectivity index (χ0) is 12.2. The van der Waals surface area contributed by atoms with Crippen molar-refractivity contribution in [3.63, 3.8) is 0 Å². The second kappa shape index (κ2) is 4.36. The molecule has 0 bridgehead atoms. The van der Waals surface area contributed by atoms with Crippen LogP contribution in [0.4, 0.5) is 5.69 Å². The summed E-state index contributed by atoms with van der Waals surface area (Å²) in [6.07, 6.45) is 0. The van der Waals surface area contributed by atoms with Gasteiger partial charge in [0.1, 0.15) is 5.37 Å². The molecule has 0 aliphatic carbocycles. The smallest absolute Gasteiger partial charge is 0.225 e. The van der Waals surface area contributed by atoms with E-state index in [0.717, 1.165) is 10.7 Å². The lowest BCUT2D eigenvalue weighted by Gasteiger charge is -2.24. The molecule has 0 radical (unpaired) electrons. The number of benzene rings is 1. The highest BCUT2D eigenvalue weighted by molar-refractivity contribution is 8.93. The maximum atomic E-state index is 11.8. The number of carbonyl (C=O) groups is 1. The van der Waals surface area contributed by atoms with Crippen molar-refractivity contribution in [3.05, 3.63) is 29.8 Å². The van der Waals surface area contributed by atoms with Crippen LogP contribution in [0, 0.1) is 0 Å². The fraction of sp³-hybridized carbons (Fsp3) is 0.333. The first kappa shape index (κ1) is 13.6. The van der Waals surface area contributed by atoms with E-state index >= 15 is 0 Å². The fourth-order valence-corrected chi connectivity index (χ4v) is 3.67. The molecule has 0 aromatic heterocycles. The van der Waals surface area contributed by atoms with Gasteiger partial charge in [0, 0.05) is 12.5 Å². The number of anilines is 1. The summed E-state index contributed by atoms with van der Waals surface area (Å²) in [5.74, 6) is -0.0734. The maximum Gasteiger partial charge on any atom is 0.225 e. The quantitative estimate of drug-likeness (QED) is 0.794. The van der Waals surface area contributed by atoms with Gasteiger partial charge in [-0.05, 0) is 13.0 Å². The fourth-order valence-electron chi connectivity index (χ4n) is 2.45. The number of halogens is 1. The highest BCUT2D eigenvalue weighted by atomic mass is 79.9. The van der Waals surface area contributed by atoms with E-state index in [9.17, 15) is 9.90 Å². The van der Waals surface area contributed by atoms with Crippen LogP contribution >= 0.6 is 28.7 Å². The summed E-state index contributed by atoms with van der Waals surface area (Å²) < 4.78 is 0. The number of nitrogens with zero attached hydrogens (tertiary/aromatic N) is 2. The summed E-state index contributed by atoms with van der Waals surface area (Å²) in [6.45, 7) is 3.36. The molecule has 2 atom stereocenters. The number of amides is 1. The van der Waals surface area contributed by atoms with Crippen LogP contribution in [0.3, 0.4) is 0 Å². The molecule has 2 aliphatic heterocycles. The number of thioether (sulfide) groups is 1. The van der Waals surface area contributed by atoms with Crippen molar-refractivity contribution in [2.75, 3.05) is 4.90 Å². The molecule has 4 nitrogen and oxygen atoms in total. The number of aliphatic imine (C=N–C) groups is 1. The van der Waals surface area contributed by atoms with Gasteiger partial charge in [0.2, 0.25) is 11.6 Å². The molecule has 2 aliphatic rings. The average molecular weight is 329 g/mol. The average Bonchev–Trinajstić information content (AvgIpc) is 2.66. The summed E-state index contributed by atoms with van der Waals surface area (Å²) in [5.41, 5.74) is 0.192. The van der Waals surface area contributed by atoms with Crippen molar-refractivity contribution in [2.24, 2.45) is 4.99 Å². The van der Waals surface area contributed by atoms with Gasteiger partial charge in [-0.3, -0.25) is 9.69 Å². The number of rotatable bonds is 0. The van der Waals surface area contributed by atoms with E-state index in [1.807, 2.05) is 31.2 Å². The van der Waals surface area contributed by atoms with Gasteiger partial charge >= 0.3 is 0 Å². The monoisotopic (exact) mass is 328 g/mol. The Morgan fingerprint density at radius 3 is 2.83 bits per heavy atom. The molecule has 2 heterocycles. The predicted octanol–water partition coefficient (Wildman–Crippen LogP) is 2.27. The van der Waals surface area contributed by atoms with E-state index in [4.69, 9.17) is 0 Å². The minimum atomic E-state index is -1.28. The molecule has 0 fully saturated rings. The molecule has 1 aromatic carbocycles. The van der Waals surface area contributed by atoms with Gasteiger partial charge in [-0.2, -0.15) is 0 Å². The Hall–Kier alpha value is -0.850. The third-order valence-electron chi connectivity index (χ3n) is 3.09. The minimum absolute atomic E-state index is 0. The number of hydrogen-bond donors (Lipinski definition) is 1. The Labute approximate surface area is 120 Å². The van der Waals surface area contributed by atoms with Crippen LogP contribution in [0.25, 0.3) is 0 Å². The number of hydrogen-bond acceptors (Lipinski definition) is 4. The van der Waals surface area contributed by atoms with Crippen molar-refractivity contribution in [1.29, 1.82) is 0 Å². The topological polar surface area (TPSA) is 52.9 Å². The molecule has 3 rings (SSSR count). The Morgan fingerprint density at radius 1 is 1.50 bits per heavy atom. The molecule has 0 saturated heterocycles. The Kier molecular flexibility index (Phi) is 3.29. The molecule has 0 spiro atoms. The molecular formula is C12H13BrN2O2S. The van der Waals surface area contributed by atoms with Crippen LogP contribution in [0.2, 0.25) is 0 Å². The highest BCUT2D eigenvalue weighted by Gasteiger charge is 2.55. The van der Waals surface area contributed by atoms with E-state index in [-0.39, 0.29) is 28.3 Å². The minimum Gasteiger partial charge on any atom is -0.363 e. The van der Waals surface area contributed by atoms with E-state index in [0.29, 0.717) is 5.56 Å². The zero-order valence-corrected chi connectivity index (χ0v) is 12.5. The first-order valence-electron chi connectivity index (χ1n) is 5.39. The van der Waals surface area contributed by atoms with Gasteiger partial charge in [0.25, 0.3) is 0 Å². The van der Waals surface area contributed by atoms with E-state index in [2.05, 4.69) is 4.99 Å². The molecule has 6 heteroatoms. The van der Waals surface area contributed by atoms with Gasteiger partial charge < -0.3 is 5.11 Å². The van der Waals surface area contributed by atoms with Crippen LogP contribution in [0.1, 0.15) is 19.4 Å². The summed E-state index contributed by atoms with van der Waals surface area (Å²) in [4.78, 5) is 17.7. The lowest BCUT2D eigenvalue weighted by Crippen LogP contribution is -2.41. The number of fused-ring (bicyclic) bond motifs is 3. The SMILES string of the molecule is Br.CC(=O)N1c2ccccc2C2(O)N=C(C)SC12. The van der Waals surface area contributed by atoms with Gasteiger partial charge in [-0.15, -0.1) is 17.0 Å². The molecule has 1 N–H and O–H groups in total. The summed E-state index contributed by atoms with van der Waals surface area (Å²) in [6, 6.07) is 7.39. The molecule has 2 unspecified atom stereocenters. The van der Waals surface area contributed by atoms with Gasteiger partial charge in [-0.1, -0.05) is 30.0 Å². The molecule has 1 amide bonds. The van der Waals surface area contributed by atoms with Gasteiger partial charge in [0.15, 0.2) is 0 Å². The molecular weight excluding hydrogens is 316 g/mol. The third kappa shape index (κ3) is 1.63. The van der Waals surface area contributed by atoms with Crippen molar-refractivity contribution in [3.8, 4) is 0 Å². The molecule has 0 saturated carbocycles. The third-order valence-corrected chi connectivity index (χ3v) is 4.28. The zero-order valence-electron chi connectivity index (χ0n) is 9.95. The van der Waals surface area contributed by atoms with E-state index < -0.39 is 5.72 Å². The van der Waals surface area contributed by atoms with Crippen LogP contribution in [0.5, 0.6) is 0 Å². The summed E-state index contributed by atoms with van der Waals surface area (Å²) in [7, 11) is 0. The maximum absolute atomic E-state index is 11.8. The largest absolute Gasteiger partial charge is 0.363 e. The van der Waals surface area contributed by atoms with Crippen LogP contribution in [0.15, 0.2) is 29.3 Å². The molecule has 1 aromatic rings. The lowest BCUT2D eigenvalue weighted by atomic mass is 10.1. The molecule has 18 heavy (non-hydrogen) atoms. The van der Waals surface area contributed by atoms with Crippen molar-refractivity contribution < 1.29 is 9.90 Å². The number of para-hydroxylation sites is 1. The number of carbonyl (C=O) groups excluding carboxylic acids is 1. The van der Waals surface area contributed by atoms with Gasteiger partial charge in [0.05, 0.1) is 10.7 Å². The van der Waals surface area contributed by atoms with Crippen molar-refractivity contribution in [2.45, 2.75) is 24.9 Å². The van der Waals surface area contributed by atoms with Crippen molar-refractivity contribution in [1.82, 2.24) is 0 Å². The van der Waals surface area contributed by atoms with Crippen LogP contribution in [-0.2, 0) is 10.5 Å². The standard InChI is InChI=1S/C12H12N2O2S.BrH/c1-7-13-12(16)9-5-3-4-6-10(9)14(8(2)15)11(12)17-7;/h3-6,11,16H,1-2H3;1H. The Bertz CT molecular complexity index is 549. The number of aliphatic hydroxyl groups is 1. The molecule has 96 valence electrons. The second-order valence-electron chi connectivity index (χ2n) is 4.23. The van der Waals surface area contributed by atoms with Crippen LogP contribution < -0.4 is 4.90 Å². The first-order valence-corrected chi connectivity index (χ1v) is 6.27. The van der Waals surface area contributed by atoms with Crippen molar-refractivity contribution >= 4 is 45.4 Å². The predicted molar refractivity (Wildman–Crippen MR) is 78.3 cm³/mol. The second-order valence-corrected chi connectivity index (χ2v) is 5.51. The first-order chi connectivity index (χ1) is 8.04.